The average Bonchev–Trinajstić information content (AvgIpc) is 2.29. The summed E-state index contributed by atoms with van der Waals surface area (Å²) in [7, 11) is 0. The molecule has 0 spiro atoms. The van der Waals surface area contributed by atoms with E-state index in [1.807, 2.05) is 0 Å². The summed E-state index contributed by atoms with van der Waals surface area (Å²) in [5.41, 5.74) is 0.404. The number of unbranched alkanes of at least 4 members (excludes halogenated alkanes) is 1. The standard InChI is InChI=1S/C14H31NO/c1-5-8-11-16-12-9-14(4,7-3)13-15-10-6-2/h15H,5-13H2,1-4H3. The van der Waals surface area contributed by atoms with Gasteiger partial charge in [0.25, 0.3) is 0 Å². The second kappa shape index (κ2) is 10.1. The van der Waals surface area contributed by atoms with Crippen molar-refractivity contribution >= 4 is 0 Å². The Kier molecular flexibility index (Phi) is 10.0. The van der Waals surface area contributed by atoms with E-state index in [0.29, 0.717) is 5.41 Å². The van der Waals surface area contributed by atoms with Crippen LogP contribution in [0.4, 0.5) is 0 Å². The molecule has 0 aliphatic heterocycles. The molecule has 0 heterocycles. The van der Waals surface area contributed by atoms with Crippen molar-refractivity contribution in [1.29, 1.82) is 0 Å². The van der Waals surface area contributed by atoms with Crippen molar-refractivity contribution in [3.05, 3.63) is 0 Å². The van der Waals surface area contributed by atoms with Crippen molar-refractivity contribution in [1.82, 2.24) is 5.32 Å². The van der Waals surface area contributed by atoms with Gasteiger partial charge in [-0.2, -0.15) is 0 Å². The van der Waals surface area contributed by atoms with E-state index in [9.17, 15) is 0 Å². The molecule has 16 heavy (non-hydrogen) atoms. The van der Waals surface area contributed by atoms with Crippen molar-refractivity contribution in [2.75, 3.05) is 26.3 Å². The summed E-state index contributed by atoms with van der Waals surface area (Å²) < 4.78 is 5.65. The Hall–Kier alpha value is -0.0800. The van der Waals surface area contributed by atoms with Crippen LogP contribution in [0.3, 0.4) is 0 Å². The van der Waals surface area contributed by atoms with Gasteiger partial charge in [0, 0.05) is 19.8 Å². The average molecular weight is 229 g/mol. The quantitative estimate of drug-likeness (QED) is 0.546. The molecular weight excluding hydrogens is 198 g/mol. The number of ether oxygens (including phenoxy) is 1. The van der Waals surface area contributed by atoms with E-state index in [4.69, 9.17) is 4.74 Å². The summed E-state index contributed by atoms with van der Waals surface area (Å²) >= 11 is 0. The maximum Gasteiger partial charge on any atom is 0.0471 e. The summed E-state index contributed by atoms with van der Waals surface area (Å²) in [6.45, 7) is 13.1. The minimum Gasteiger partial charge on any atom is -0.381 e. The fourth-order valence-electron chi connectivity index (χ4n) is 1.62. The summed E-state index contributed by atoms with van der Waals surface area (Å²) in [5, 5.41) is 3.52. The van der Waals surface area contributed by atoms with Crippen LogP contribution in [-0.2, 0) is 4.74 Å². The minimum absolute atomic E-state index is 0.404. The van der Waals surface area contributed by atoms with Crippen molar-refractivity contribution in [2.45, 2.75) is 59.8 Å². The topological polar surface area (TPSA) is 21.3 Å². The lowest BCUT2D eigenvalue weighted by Gasteiger charge is -2.28. The van der Waals surface area contributed by atoms with E-state index in [-0.39, 0.29) is 0 Å². The van der Waals surface area contributed by atoms with Crippen molar-refractivity contribution in [3.8, 4) is 0 Å². The molecule has 0 saturated heterocycles. The third kappa shape index (κ3) is 8.12. The van der Waals surface area contributed by atoms with Gasteiger partial charge in [-0.15, -0.1) is 0 Å². The lowest BCUT2D eigenvalue weighted by atomic mass is 9.84. The molecule has 0 fully saturated rings. The van der Waals surface area contributed by atoms with Crippen LogP contribution in [0.5, 0.6) is 0 Å². The van der Waals surface area contributed by atoms with Crippen LogP contribution in [0.1, 0.15) is 59.8 Å². The molecule has 0 aromatic carbocycles. The smallest absolute Gasteiger partial charge is 0.0471 e. The molecule has 1 unspecified atom stereocenters. The van der Waals surface area contributed by atoms with Crippen LogP contribution in [0.15, 0.2) is 0 Å². The molecule has 0 aliphatic rings. The molecule has 0 saturated carbocycles. The largest absolute Gasteiger partial charge is 0.381 e. The first kappa shape index (κ1) is 15.9. The molecule has 1 N–H and O–H groups in total. The number of hydrogen-bond donors (Lipinski definition) is 1. The minimum atomic E-state index is 0.404. The fourth-order valence-corrected chi connectivity index (χ4v) is 1.62. The number of hydrogen-bond acceptors (Lipinski definition) is 2. The van der Waals surface area contributed by atoms with Gasteiger partial charge in [0.05, 0.1) is 0 Å². The van der Waals surface area contributed by atoms with Gasteiger partial charge in [-0.25, -0.2) is 0 Å². The molecule has 0 aromatic heterocycles. The lowest BCUT2D eigenvalue weighted by molar-refractivity contribution is 0.0945. The van der Waals surface area contributed by atoms with Crippen LogP contribution in [0, 0.1) is 5.41 Å². The molecule has 2 heteroatoms. The Morgan fingerprint density at radius 1 is 1.06 bits per heavy atom. The van der Waals surface area contributed by atoms with Crippen LogP contribution >= 0.6 is 0 Å². The highest BCUT2D eigenvalue weighted by atomic mass is 16.5. The molecule has 0 amide bonds. The molecule has 0 bridgehead atoms. The molecule has 0 radical (unpaired) electrons. The van der Waals surface area contributed by atoms with Gasteiger partial charge in [-0.05, 0) is 37.6 Å². The molecule has 2 nitrogen and oxygen atoms in total. The van der Waals surface area contributed by atoms with Crippen LogP contribution in [0.25, 0.3) is 0 Å². The van der Waals surface area contributed by atoms with E-state index in [0.717, 1.165) is 26.3 Å². The van der Waals surface area contributed by atoms with E-state index in [1.165, 1.54) is 32.1 Å². The highest BCUT2D eigenvalue weighted by Gasteiger charge is 2.20. The normalized spacial score (nSPS) is 15.0. The Morgan fingerprint density at radius 3 is 2.38 bits per heavy atom. The number of rotatable bonds is 11. The molecule has 98 valence electrons. The fraction of sp³-hybridized carbons (Fsp3) is 1.00. The van der Waals surface area contributed by atoms with E-state index in [2.05, 4.69) is 33.0 Å². The van der Waals surface area contributed by atoms with Gasteiger partial charge in [-0.3, -0.25) is 0 Å². The molecule has 0 rings (SSSR count). The van der Waals surface area contributed by atoms with Gasteiger partial charge in [-0.1, -0.05) is 34.1 Å². The Balaban J connectivity index is 3.61. The van der Waals surface area contributed by atoms with Crippen LogP contribution in [-0.4, -0.2) is 26.3 Å². The molecular formula is C14H31NO. The van der Waals surface area contributed by atoms with Gasteiger partial charge in [0.1, 0.15) is 0 Å². The number of nitrogens with one attached hydrogen (secondary N) is 1. The highest BCUT2D eigenvalue weighted by Crippen LogP contribution is 2.24. The van der Waals surface area contributed by atoms with E-state index in [1.54, 1.807) is 0 Å². The first-order chi connectivity index (χ1) is 7.68. The Labute approximate surface area is 102 Å². The SMILES string of the molecule is CCCCOCCC(C)(CC)CNCCC. The zero-order chi connectivity index (χ0) is 12.3. The maximum atomic E-state index is 5.65. The summed E-state index contributed by atoms with van der Waals surface area (Å²) in [5.74, 6) is 0. The zero-order valence-corrected chi connectivity index (χ0v) is 11.8. The van der Waals surface area contributed by atoms with Gasteiger partial charge in [0.15, 0.2) is 0 Å². The van der Waals surface area contributed by atoms with Gasteiger partial charge < -0.3 is 10.1 Å². The molecule has 0 aliphatic carbocycles. The Bertz CT molecular complexity index is 150. The second-order valence-electron chi connectivity index (χ2n) is 5.06. The third-order valence-corrected chi connectivity index (χ3v) is 3.32. The van der Waals surface area contributed by atoms with Crippen molar-refractivity contribution in [2.24, 2.45) is 5.41 Å². The van der Waals surface area contributed by atoms with E-state index < -0.39 is 0 Å². The second-order valence-corrected chi connectivity index (χ2v) is 5.06. The highest BCUT2D eigenvalue weighted by molar-refractivity contribution is 4.75. The van der Waals surface area contributed by atoms with Crippen LogP contribution in [0.2, 0.25) is 0 Å². The summed E-state index contributed by atoms with van der Waals surface area (Å²) in [6, 6.07) is 0. The lowest BCUT2D eigenvalue weighted by Crippen LogP contribution is -2.33. The zero-order valence-electron chi connectivity index (χ0n) is 11.8. The maximum absolute atomic E-state index is 5.65. The summed E-state index contributed by atoms with van der Waals surface area (Å²) in [6.07, 6.45) is 6.03. The third-order valence-electron chi connectivity index (χ3n) is 3.32. The molecule has 1 atom stereocenters. The Morgan fingerprint density at radius 2 is 1.81 bits per heavy atom. The van der Waals surface area contributed by atoms with Crippen LogP contribution < -0.4 is 5.32 Å². The van der Waals surface area contributed by atoms with Gasteiger partial charge in [0.2, 0.25) is 0 Å². The van der Waals surface area contributed by atoms with Crippen molar-refractivity contribution in [3.63, 3.8) is 0 Å². The molecule has 0 aromatic rings. The monoisotopic (exact) mass is 229 g/mol. The first-order valence-electron chi connectivity index (χ1n) is 6.97. The van der Waals surface area contributed by atoms with Gasteiger partial charge >= 0.3 is 0 Å². The van der Waals surface area contributed by atoms with E-state index >= 15 is 0 Å². The summed E-state index contributed by atoms with van der Waals surface area (Å²) in [4.78, 5) is 0. The first-order valence-corrected chi connectivity index (χ1v) is 6.97. The predicted molar refractivity (Wildman–Crippen MR) is 71.9 cm³/mol. The van der Waals surface area contributed by atoms with Crippen molar-refractivity contribution < 1.29 is 4.74 Å². The predicted octanol–water partition coefficient (Wildman–Crippen LogP) is 3.61.